The Bertz CT molecular complexity index is 2540. The highest BCUT2D eigenvalue weighted by molar-refractivity contribution is 6.09. The fraction of sp³-hybridized carbons (Fsp3) is 0.380. The van der Waals surface area contributed by atoms with Crippen LogP contribution in [0, 0.1) is 0 Å². The van der Waals surface area contributed by atoms with Crippen LogP contribution < -0.4 is 15.5 Å². The fourth-order valence-electron chi connectivity index (χ4n) is 8.67. The summed E-state index contributed by atoms with van der Waals surface area (Å²) in [6.45, 7) is 13.3. The maximum absolute atomic E-state index is 14.5. The third kappa shape index (κ3) is 9.68. The first-order chi connectivity index (χ1) is 30.5. The summed E-state index contributed by atoms with van der Waals surface area (Å²) in [6.07, 6.45) is -0.590. The van der Waals surface area contributed by atoms with E-state index in [1.54, 1.807) is 64.6 Å². The van der Waals surface area contributed by atoms with Crippen molar-refractivity contribution in [2.75, 3.05) is 49.7 Å². The molecule has 14 nitrogen and oxygen atoms in total. The van der Waals surface area contributed by atoms with Crippen molar-refractivity contribution in [1.29, 1.82) is 0 Å². The average Bonchev–Trinajstić information content (AvgIpc) is 4.00. The molecule has 3 heterocycles. The zero-order valence-electron chi connectivity index (χ0n) is 37.1. The smallest absolute Gasteiger partial charge is 0.419 e. The average molecular weight is 870 g/mol. The number of carbonyl (C=O) groups excluding carboxylic acids is 5. The maximum atomic E-state index is 14.5. The molecule has 2 N–H and O–H groups in total. The molecule has 1 aliphatic carbocycles. The van der Waals surface area contributed by atoms with E-state index < -0.39 is 41.3 Å². The second-order valence-electron chi connectivity index (χ2n) is 18.5. The summed E-state index contributed by atoms with van der Waals surface area (Å²) < 4.78 is 24.0. The van der Waals surface area contributed by atoms with Crippen LogP contribution in [-0.4, -0.2) is 102 Å². The van der Waals surface area contributed by atoms with E-state index in [9.17, 15) is 24.0 Å². The summed E-state index contributed by atoms with van der Waals surface area (Å²) in [5.41, 5.74) is 4.50. The number of benzene rings is 4. The van der Waals surface area contributed by atoms with Crippen molar-refractivity contribution in [2.24, 2.45) is 0 Å². The van der Waals surface area contributed by atoms with Gasteiger partial charge in [-0.2, -0.15) is 0 Å². The number of carbonyl (C=O) groups is 5. The van der Waals surface area contributed by atoms with Crippen LogP contribution in [-0.2, 0) is 35.0 Å². The minimum Gasteiger partial charge on any atom is -0.455 e. The second kappa shape index (κ2) is 17.9. The molecule has 14 heteroatoms. The fourth-order valence-corrected chi connectivity index (χ4v) is 8.67. The molecule has 0 spiro atoms. The topological polar surface area (TPSA) is 158 Å². The van der Waals surface area contributed by atoms with Crippen LogP contribution in [0.15, 0.2) is 97.1 Å². The first-order valence-electron chi connectivity index (χ1n) is 21.8. The van der Waals surface area contributed by atoms with Crippen LogP contribution in [0.4, 0.5) is 21.0 Å². The lowest BCUT2D eigenvalue weighted by atomic mass is 9.98. The van der Waals surface area contributed by atoms with E-state index in [2.05, 4.69) is 27.7 Å². The van der Waals surface area contributed by atoms with Crippen molar-refractivity contribution >= 4 is 52.2 Å². The van der Waals surface area contributed by atoms with Gasteiger partial charge in [0.1, 0.15) is 29.5 Å². The number of anilines is 2. The molecule has 5 aromatic rings. The summed E-state index contributed by atoms with van der Waals surface area (Å²) >= 11 is 0. The highest BCUT2D eigenvalue weighted by atomic mass is 16.6. The number of hydrogen-bond acceptors (Lipinski definition) is 10. The molecule has 0 saturated carbocycles. The van der Waals surface area contributed by atoms with Gasteiger partial charge in [0.2, 0.25) is 11.8 Å². The number of nitrogens with one attached hydrogen (secondary N) is 2. The number of hydrogen-bond donors (Lipinski definition) is 2. The Hall–Kier alpha value is -6.51. The molecule has 2 atom stereocenters. The minimum atomic E-state index is -1.14. The molecular formula is C50H55N5O9. The van der Waals surface area contributed by atoms with Crippen LogP contribution in [0.1, 0.15) is 81.1 Å². The standard InChI is InChI=1S/C50H55N5O9/c1-49(2,3)63-46(58)43-27-38-40(16-11-17-42(38)55(43)48(60)64-50(4,5)6)51-45(57)41(52-47(59)62-30-39-36-14-9-7-12-34(36)35-13-8-10-15-37(35)39)26-31-18-20-32(21-19-31)54-24-23-53(28-44(54)56)33-22-25-61-29-33/h7-21,27,33,39,41H,22-26,28-30H2,1-6H3,(H,51,57)(H,52,59)/t33-,41-/m0/s1. The van der Waals surface area contributed by atoms with Crippen LogP contribution >= 0.6 is 0 Å². The van der Waals surface area contributed by atoms with Gasteiger partial charge in [0.15, 0.2) is 0 Å². The van der Waals surface area contributed by atoms with Crippen molar-refractivity contribution in [3.8, 4) is 11.1 Å². The van der Waals surface area contributed by atoms with E-state index in [0.29, 0.717) is 37.2 Å². The van der Waals surface area contributed by atoms with Gasteiger partial charge in [-0.15, -0.1) is 0 Å². The molecule has 2 aliphatic heterocycles. The first kappa shape index (κ1) is 44.1. The van der Waals surface area contributed by atoms with Crippen molar-refractivity contribution in [3.05, 3.63) is 119 Å². The van der Waals surface area contributed by atoms with Crippen molar-refractivity contribution in [3.63, 3.8) is 0 Å². The van der Waals surface area contributed by atoms with Gasteiger partial charge in [0.05, 0.1) is 24.4 Å². The van der Waals surface area contributed by atoms with Gasteiger partial charge in [-0.25, -0.2) is 19.0 Å². The Labute approximate surface area is 372 Å². The normalized spacial score (nSPS) is 17.1. The number of rotatable bonds is 10. The van der Waals surface area contributed by atoms with Gasteiger partial charge in [-0.1, -0.05) is 66.7 Å². The van der Waals surface area contributed by atoms with Gasteiger partial charge in [0.25, 0.3) is 0 Å². The maximum Gasteiger partial charge on any atom is 0.419 e. The molecule has 2 saturated heterocycles. The summed E-state index contributed by atoms with van der Waals surface area (Å²) in [6, 6.07) is 29.0. The van der Waals surface area contributed by atoms with Gasteiger partial charge < -0.3 is 34.5 Å². The Morgan fingerprint density at radius 2 is 1.48 bits per heavy atom. The summed E-state index contributed by atoms with van der Waals surface area (Å²) in [4.78, 5) is 72.7. The molecule has 1 aromatic heterocycles. The summed E-state index contributed by atoms with van der Waals surface area (Å²) in [5, 5.41) is 6.14. The lowest BCUT2D eigenvalue weighted by Crippen LogP contribution is -2.54. The van der Waals surface area contributed by atoms with Crippen molar-refractivity contribution < 1.29 is 42.9 Å². The van der Waals surface area contributed by atoms with E-state index >= 15 is 0 Å². The second-order valence-corrected chi connectivity index (χ2v) is 18.5. The highest BCUT2D eigenvalue weighted by Crippen LogP contribution is 2.44. The molecule has 8 rings (SSSR count). The third-order valence-corrected chi connectivity index (χ3v) is 11.6. The summed E-state index contributed by atoms with van der Waals surface area (Å²) in [5.74, 6) is -1.52. The van der Waals surface area contributed by atoms with Gasteiger partial charge in [-0.3, -0.25) is 14.5 Å². The molecule has 0 unspecified atom stereocenters. The lowest BCUT2D eigenvalue weighted by Gasteiger charge is -2.37. The van der Waals surface area contributed by atoms with Crippen LogP contribution in [0.2, 0.25) is 0 Å². The number of nitrogens with zero attached hydrogens (tertiary/aromatic N) is 3. The van der Waals surface area contributed by atoms with E-state index in [-0.39, 0.29) is 42.3 Å². The third-order valence-electron chi connectivity index (χ3n) is 11.6. The number of piperazine rings is 1. The SMILES string of the molecule is CC(C)(C)OC(=O)c1cc2c(NC(=O)[C@H](Cc3ccc(N4CCN([C@H]5CCOC5)CC4=O)cc3)NC(=O)OCC3c4ccccc4-c4ccccc43)cccc2n1C(=O)OC(C)(C)C. The Morgan fingerprint density at radius 3 is 2.11 bits per heavy atom. The van der Waals surface area contributed by atoms with E-state index in [4.69, 9.17) is 18.9 Å². The first-order valence-corrected chi connectivity index (χ1v) is 21.8. The highest BCUT2D eigenvalue weighted by Gasteiger charge is 2.34. The van der Waals surface area contributed by atoms with Gasteiger partial charge >= 0.3 is 18.2 Å². The number of ether oxygens (including phenoxy) is 4. The predicted molar refractivity (Wildman–Crippen MR) is 243 cm³/mol. The Kier molecular flexibility index (Phi) is 12.4. The number of alkyl carbamates (subject to hydrolysis) is 1. The van der Waals surface area contributed by atoms with E-state index in [1.807, 2.05) is 60.7 Å². The zero-order chi connectivity index (χ0) is 45.3. The summed E-state index contributed by atoms with van der Waals surface area (Å²) in [7, 11) is 0. The van der Waals surface area contributed by atoms with Crippen LogP contribution in [0.25, 0.3) is 22.0 Å². The van der Waals surface area contributed by atoms with E-state index in [0.717, 1.165) is 51.0 Å². The predicted octanol–water partition coefficient (Wildman–Crippen LogP) is 7.91. The Balaban J connectivity index is 1.05. The molecule has 64 heavy (non-hydrogen) atoms. The van der Waals surface area contributed by atoms with Gasteiger partial charge in [-0.05, 0) is 106 Å². The molecule has 0 bridgehead atoms. The minimum absolute atomic E-state index is 0.00424. The van der Waals surface area contributed by atoms with Gasteiger partial charge in [0, 0.05) is 49.2 Å². The van der Waals surface area contributed by atoms with Crippen molar-refractivity contribution in [2.45, 2.75) is 83.6 Å². The molecule has 334 valence electrons. The molecular weight excluding hydrogens is 815 g/mol. The van der Waals surface area contributed by atoms with Crippen molar-refractivity contribution in [1.82, 2.24) is 14.8 Å². The van der Waals surface area contributed by atoms with Crippen LogP contribution in [0.3, 0.4) is 0 Å². The molecule has 3 aliphatic rings. The lowest BCUT2D eigenvalue weighted by molar-refractivity contribution is -0.122. The number of fused-ring (bicyclic) bond motifs is 4. The zero-order valence-corrected chi connectivity index (χ0v) is 37.1. The van der Waals surface area contributed by atoms with Crippen LogP contribution in [0.5, 0.6) is 0 Å². The molecule has 3 amide bonds. The quantitative estimate of drug-likeness (QED) is 0.104. The monoisotopic (exact) mass is 869 g/mol. The largest absolute Gasteiger partial charge is 0.455 e. The molecule has 2 fully saturated rings. The molecule has 0 radical (unpaired) electrons. The Morgan fingerprint density at radius 1 is 0.812 bits per heavy atom. The number of amides is 3. The number of esters is 1. The molecule has 4 aromatic carbocycles. The number of aromatic nitrogens is 1. The van der Waals surface area contributed by atoms with E-state index in [1.165, 1.54) is 6.07 Å².